The Morgan fingerprint density at radius 1 is 1.04 bits per heavy atom. The SMILES string of the molecule is CN(C(=O)CN1CCC(C(=O)NC2CCCCC2)CC1)c1ccccc1. The normalized spacial score (nSPS) is 19.9. The Morgan fingerprint density at radius 2 is 1.69 bits per heavy atom. The molecule has 0 unspecified atom stereocenters. The van der Waals surface area contributed by atoms with Gasteiger partial charge in [-0.3, -0.25) is 14.5 Å². The summed E-state index contributed by atoms with van der Waals surface area (Å²) >= 11 is 0. The van der Waals surface area contributed by atoms with E-state index in [1.54, 1.807) is 4.90 Å². The number of likely N-dealkylation sites (N-methyl/N-ethyl adjacent to an activating group) is 1. The van der Waals surface area contributed by atoms with Crippen LogP contribution >= 0.6 is 0 Å². The van der Waals surface area contributed by atoms with E-state index in [1.165, 1.54) is 19.3 Å². The van der Waals surface area contributed by atoms with Crippen molar-refractivity contribution < 1.29 is 9.59 Å². The Morgan fingerprint density at radius 3 is 2.35 bits per heavy atom. The Balaban J connectivity index is 1.41. The monoisotopic (exact) mass is 357 g/mol. The Hall–Kier alpha value is -1.88. The summed E-state index contributed by atoms with van der Waals surface area (Å²) in [6.45, 7) is 2.05. The zero-order chi connectivity index (χ0) is 18.4. The van der Waals surface area contributed by atoms with Crippen LogP contribution in [0.25, 0.3) is 0 Å². The molecule has 1 aliphatic carbocycles. The highest BCUT2D eigenvalue weighted by Crippen LogP contribution is 2.21. The number of piperidine rings is 1. The van der Waals surface area contributed by atoms with Gasteiger partial charge < -0.3 is 10.2 Å². The van der Waals surface area contributed by atoms with Crippen LogP contribution in [0.4, 0.5) is 5.69 Å². The lowest BCUT2D eigenvalue weighted by atomic mass is 9.92. The lowest BCUT2D eigenvalue weighted by Crippen LogP contribution is -2.46. The van der Waals surface area contributed by atoms with E-state index in [4.69, 9.17) is 0 Å². The van der Waals surface area contributed by atoms with Gasteiger partial charge in [0.15, 0.2) is 0 Å². The molecule has 1 N–H and O–H groups in total. The molecule has 1 saturated heterocycles. The summed E-state index contributed by atoms with van der Waals surface area (Å²) in [5, 5.41) is 3.25. The third-order valence-electron chi connectivity index (χ3n) is 5.79. The molecule has 2 fully saturated rings. The number of anilines is 1. The summed E-state index contributed by atoms with van der Waals surface area (Å²) in [6.07, 6.45) is 7.73. The second-order valence-electron chi connectivity index (χ2n) is 7.68. The summed E-state index contributed by atoms with van der Waals surface area (Å²) in [6, 6.07) is 10.1. The third kappa shape index (κ3) is 5.07. The minimum atomic E-state index is 0.0984. The van der Waals surface area contributed by atoms with Crippen molar-refractivity contribution in [3.8, 4) is 0 Å². The van der Waals surface area contributed by atoms with Gasteiger partial charge in [-0.25, -0.2) is 0 Å². The molecular formula is C21H31N3O2. The molecule has 0 spiro atoms. The van der Waals surface area contributed by atoms with E-state index in [9.17, 15) is 9.59 Å². The third-order valence-corrected chi connectivity index (χ3v) is 5.79. The number of amides is 2. The molecule has 2 aliphatic rings. The molecule has 142 valence electrons. The molecule has 1 aromatic carbocycles. The van der Waals surface area contributed by atoms with Gasteiger partial charge in [0, 0.05) is 24.7 Å². The molecule has 5 nitrogen and oxygen atoms in total. The molecule has 1 heterocycles. The standard InChI is InChI=1S/C21H31N3O2/c1-23(19-10-6-3-7-11-19)20(25)16-24-14-12-17(13-15-24)21(26)22-18-8-4-2-5-9-18/h3,6-7,10-11,17-18H,2,4-5,8-9,12-16H2,1H3,(H,22,26). The Bertz CT molecular complexity index is 591. The summed E-state index contributed by atoms with van der Waals surface area (Å²) in [5.41, 5.74) is 0.916. The molecule has 26 heavy (non-hydrogen) atoms. The molecule has 2 amide bonds. The van der Waals surface area contributed by atoms with E-state index in [1.807, 2.05) is 37.4 Å². The van der Waals surface area contributed by atoms with E-state index in [-0.39, 0.29) is 17.7 Å². The molecular weight excluding hydrogens is 326 g/mol. The van der Waals surface area contributed by atoms with Gasteiger partial charge in [-0.2, -0.15) is 0 Å². The maximum atomic E-state index is 12.5. The van der Waals surface area contributed by atoms with Gasteiger partial charge in [0.05, 0.1) is 6.54 Å². The highest BCUT2D eigenvalue weighted by molar-refractivity contribution is 5.94. The summed E-state index contributed by atoms with van der Waals surface area (Å²) in [4.78, 5) is 28.9. The maximum absolute atomic E-state index is 12.5. The number of rotatable bonds is 5. The average Bonchev–Trinajstić information content (AvgIpc) is 2.69. The number of hydrogen-bond donors (Lipinski definition) is 1. The first-order valence-corrected chi connectivity index (χ1v) is 9.98. The van der Waals surface area contributed by atoms with Crippen LogP contribution < -0.4 is 10.2 Å². The van der Waals surface area contributed by atoms with E-state index in [0.717, 1.165) is 44.5 Å². The lowest BCUT2D eigenvalue weighted by Gasteiger charge is -2.33. The van der Waals surface area contributed by atoms with Crippen LogP contribution in [0, 0.1) is 5.92 Å². The summed E-state index contributed by atoms with van der Waals surface area (Å²) in [7, 11) is 1.82. The predicted molar refractivity (Wildman–Crippen MR) is 104 cm³/mol. The smallest absolute Gasteiger partial charge is 0.240 e. The fourth-order valence-corrected chi connectivity index (χ4v) is 4.01. The van der Waals surface area contributed by atoms with Crippen LogP contribution in [0.15, 0.2) is 30.3 Å². The number of carbonyl (C=O) groups is 2. The average molecular weight is 357 g/mol. The van der Waals surface area contributed by atoms with Gasteiger partial charge in [0.2, 0.25) is 11.8 Å². The zero-order valence-corrected chi connectivity index (χ0v) is 15.8. The van der Waals surface area contributed by atoms with Gasteiger partial charge in [-0.05, 0) is 50.9 Å². The van der Waals surface area contributed by atoms with E-state index < -0.39 is 0 Å². The number of nitrogens with zero attached hydrogens (tertiary/aromatic N) is 2. The molecule has 1 aliphatic heterocycles. The van der Waals surface area contributed by atoms with Crippen molar-refractivity contribution in [2.45, 2.75) is 51.0 Å². The fourth-order valence-electron chi connectivity index (χ4n) is 4.01. The van der Waals surface area contributed by atoms with Crippen molar-refractivity contribution in [2.24, 2.45) is 5.92 Å². The Kier molecular flexibility index (Phi) is 6.67. The van der Waals surface area contributed by atoms with Crippen molar-refractivity contribution in [1.29, 1.82) is 0 Å². The first-order valence-electron chi connectivity index (χ1n) is 9.98. The molecule has 5 heteroatoms. The highest BCUT2D eigenvalue weighted by Gasteiger charge is 2.28. The van der Waals surface area contributed by atoms with Crippen LogP contribution in [-0.2, 0) is 9.59 Å². The van der Waals surface area contributed by atoms with Crippen LogP contribution in [0.2, 0.25) is 0 Å². The van der Waals surface area contributed by atoms with E-state index in [0.29, 0.717) is 12.6 Å². The topological polar surface area (TPSA) is 52.7 Å². The van der Waals surface area contributed by atoms with Gasteiger partial charge >= 0.3 is 0 Å². The minimum Gasteiger partial charge on any atom is -0.353 e. The first-order chi connectivity index (χ1) is 12.6. The number of benzene rings is 1. The molecule has 0 aromatic heterocycles. The van der Waals surface area contributed by atoms with Gasteiger partial charge in [0.1, 0.15) is 0 Å². The summed E-state index contributed by atoms with van der Waals surface area (Å²) < 4.78 is 0. The van der Waals surface area contributed by atoms with E-state index >= 15 is 0 Å². The second kappa shape index (κ2) is 9.17. The molecule has 0 radical (unpaired) electrons. The largest absolute Gasteiger partial charge is 0.353 e. The van der Waals surface area contributed by atoms with Gasteiger partial charge in [-0.15, -0.1) is 0 Å². The quantitative estimate of drug-likeness (QED) is 0.882. The van der Waals surface area contributed by atoms with Crippen LogP contribution in [0.1, 0.15) is 44.9 Å². The van der Waals surface area contributed by atoms with Crippen molar-refractivity contribution >= 4 is 17.5 Å². The molecule has 3 rings (SSSR count). The summed E-state index contributed by atoms with van der Waals surface area (Å²) in [5.74, 6) is 0.431. The highest BCUT2D eigenvalue weighted by atomic mass is 16.2. The predicted octanol–water partition coefficient (Wildman–Crippen LogP) is 2.81. The first kappa shape index (κ1) is 18.9. The fraction of sp³-hybridized carbons (Fsp3) is 0.619. The zero-order valence-electron chi connectivity index (χ0n) is 15.8. The van der Waals surface area contributed by atoms with Crippen LogP contribution in [0.3, 0.4) is 0 Å². The second-order valence-corrected chi connectivity index (χ2v) is 7.68. The van der Waals surface area contributed by atoms with Crippen LogP contribution in [-0.4, -0.2) is 49.4 Å². The van der Waals surface area contributed by atoms with Gasteiger partial charge in [-0.1, -0.05) is 37.5 Å². The minimum absolute atomic E-state index is 0.0984. The molecule has 0 bridgehead atoms. The number of hydrogen-bond acceptors (Lipinski definition) is 3. The molecule has 0 atom stereocenters. The van der Waals surface area contributed by atoms with Crippen molar-refractivity contribution in [2.75, 3.05) is 31.6 Å². The van der Waals surface area contributed by atoms with E-state index in [2.05, 4.69) is 10.2 Å². The molecule has 1 saturated carbocycles. The van der Waals surface area contributed by atoms with Gasteiger partial charge in [0.25, 0.3) is 0 Å². The van der Waals surface area contributed by atoms with Crippen molar-refractivity contribution in [1.82, 2.24) is 10.2 Å². The van der Waals surface area contributed by atoms with Crippen molar-refractivity contribution in [3.05, 3.63) is 30.3 Å². The Labute approximate surface area is 156 Å². The number of carbonyl (C=O) groups excluding carboxylic acids is 2. The number of nitrogens with one attached hydrogen (secondary N) is 1. The lowest BCUT2D eigenvalue weighted by molar-refractivity contribution is -0.127. The van der Waals surface area contributed by atoms with Crippen LogP contribution in [0.5, 0.6) is 0 Å². The van der Waals surface area contributed by atoms with Crippen molar-refractivity contribution in [3.63, 3.8) is 0 Å². The number of para-hydroxylation sites is 1. The number of likely N-dealkylation sites (tertiary alicyclic amines) is 1. The maximum Gasteiger partial charge on any atom is 0.240 e. The molecule has 1 aromatic rings.